The first-order valence-corrected chi connectivity index (χ1v) is 8.32. The van der Waals surface area contributed by atoms with Crippen molar-refractivity contribution in [3.05, 3.63) is 0 Å². The first-order chi connectivity index (χ1) is 9.41. The van der Waals surface area contributed by atoms with E-state index in [1.54, 1.807) is 0 Å². The molecule has 0 aromatic rings. The Balaban J connectivity index is 2.55. The summed E-state index contributed by atoms with van der Waals surface area (Å²) < 4.78 is 0. The van der Waals surface area contributed by atoms with Crippen LogP contribution in [0.25, 0.3) is 0 Å². The predicted octanol–water partition coefficient (Wildman–Crippen LogP) is 3.41. The fourth-order valence-electron chi connectivity index (χ4n) is 3.52. The average Bonchev–Trinajstić information content (AvgIpc) is 2.64. The van der Waals surface area contributed by atoms with E-state index in [1.807, 2.05) is 6.92 Å². The molecule has 0 spiro atoms. The van der Waals surface area contributed by atoms with Crippen LogP contribution in [0.3, 0.4) is 0 Å². The van der Waals surface area contributed by atoms with Gasteiger partial charge >= 0.3 is 0 Å². The summed E-state index contributed by atoms with van der Waals surface area (Å²) in [7, 11) is 0. The number of nitrogens with one attached hydrogen (secondary N) is 1. The van der Waals surface area contributed by atoms with Crippen molar-refractivity contribution in [3.63, 3.8) is 0 Å². The highest BCUT2D eigenvalue weighted by atomic mass is 15.2. The van der Waals surface area contributed by atoms with E-state index in [1.165, 1.54) is 32.4 Å². The molecule has 0 amide bonds. The molecular weight excluding hydrogens is 246 g/mol. The number of nitriles is 1. The van der Waals surface area contributed by atoms with Crippen LogP contribution in [0.1, 0.15) is 60.3 Å². The van der Waals surface area contributed by atoms with Crippen LogP contribution in [0.5, 0.6) is 0 Å². The molecule has 1 saturated heterocycles. The molecule has 1 N–H and O–H groups in total. The van der Waals surface area contributed by atoms with Crippen molar-refractivity contribution in [1.82, 2.24) is 10.2 Å². The Morgan fingerprint density at radius 2 is 2.00 bits per heavy atom. The predicted molar refractivity (Wildman–Crippen MR) is 85.5 cm³/mol. The van der Waals surface area contributed by atoms with Gasteiger partial charge in [0.25, 0.3) is 0 Å². The Bertz CT molecular complexity index is 321. The minimum Gasteiger partial charge on any atom is -0.301 e. The number of hydrogen-bond acceptors (Lipinski definition) is 3. The van der Waals surface area contributed by atoms with Crippen LogP contribution in [0, 0.1) is 23.2 Å². The Morgan fingerprint density at radius 3 is 2.55 bits per heavy atom. The second kappa shape index (κ2) is 8.00. The summed E-state index contributed by atoms with van der Waals surface area (Å²) in [5.74, 6) is 1.68. The molecule has 0 aliphatic carbocycles. The van der Waals surface area contributed by atoms with Crippen LogP contribution in [-0.4, -0.2) is 36.1 Å². The first kappa shape index (κ1) is 17.5. The van der Waals surface area contributed by atoms with Crippen LogP contribution in [0.15, 0.2) is 0 Å². The van der Waals surface area contributed by atoms with E-state index in [0.717, 1.165) is 24.8 Å². The molecule has 0 saturated carbocycles. The van der Waals surface area contributed by atoms with Crippen molar-refractivity contribution in [2.45, 2.75) is 71.9 Å². The molecule has 0 aromatic carbocycles. The Labute approximate surface area is 125 Å². The molecule has 1 fully saturated rings. The van der Waals surface area contributed by atoms with Crippen molar-refractivity contribution in [3.8, 4) is 6.07 Å². The average molecular weight is 279 g/mol. The van der Waals surface area contributed by atoms with Crippen molar-refractivity contribution in [1.29, 1.82) is 5.26 Å². The fourth-order valence-corrected chi connectivity index (χ4v) is 3.52. The lowest BCUT2D eigenvalue weighted by molar-refractivity contribution is 0.179. The zero-order valence-electron chi connectivity index (χ0n) is 14.1. The monoisotopic (exact) mass is 279 g/mol. The van der Waals surface area contributed by atoms with Crippen molar-refractivity contribution >= 4 is 0 Å². The van der Waals surface area contributed by atoms with Crippen LogP contribution in [-0.2, 0) is 0 Å². The largest absolute Gasteiger partial charge is 0.301 e. The molecule has 0 radical (unpaired) electrons. The van der Waals surface area contributed by atoms with Gasteiger partial charge in [-0.05, 0) is 71.0 Å². The molecule has 3 unspecified atom stereocenters. The third-order valence-electron chi connectivity index (χ3n) is 4.89. The maximum atomic E-state index is 9.40. The van der Waals surface area contributed by atoms with Gasteiger partial charge < -0.3 is 4.90 Å². The van der Waals surface area contributed by atoms with Gasteiger partial charge in [0.15, 0.2) is 0 Å². The van der Waals surface area contributed by atoms with Crippen LogP contribution in [0.4, 0.5) is 0 Å². The van der Waals surface area contributed by atoms with E-state index in [-0.39, 0.29) is 0 Å². The molecule has 3 heteroatoms. The third-order valence-corrected chi connectivity index (χ3v) is 4.89. The van der Waals surface area contributed by atoms with Gasteiger partial charge in [0.1, 0.15) is 5.54 Å². The van der Waals surface area contributed by atoms with Crippen LogP contribution < -0.4 is 5.32 Å². The molecular formula is C17H33N3. The normalized spacial score (nSPS) is 25.8. The topological polar surface area (TPSA) is 39.1 Å². The second-order valence-corrected chi connectivity index (χ2v) is 7.00. The molecule has 0 bridgehead atoms. The molecule has 0 aromatic heterocycles. The zero-order chi connectivity index (χ0) is 15.2. The lowest BCUT2D eigenvalue weighted by Gasteiger charge is -2.33. The highest BCUT2D eigenvalue weighted by molar-refractivity contribution is 5.05. The summed E-state index contributed by atoms with van der Waals surface area (Å²) in [6.07, 6.45) is 4.89. The molecule has 20 heavy (non-hydrogen) atoms. The van der Waals surface area contributed by atoms with Gasteiger partial charge in [0.2, 0.25) is 0 Å². The zero-order valence-corrected chi connectivity index (χ0v) is 14.1. The third kappa shape index (κ3) is 5.07. The van der Waals surface area contributed by atoms with Gasteiger partial charge in [-0.25, -0.2) is 0 Å². The van der Waals surface area contributed by atoms with E-state index in [2.05, 4.69) is 44.0 Å². The summed E-state index contributed by atoms with van der Waals surface area (Å²) in [6, 6.07) is 2.93. The summed E-state index contributed by atoms with van der Waals surface area (Å²) in [6.45, 7) is 14.3. The lowest BCUT2D eigenvalue weighted by Crippen LogP contribution is -2.47. The Kier molecular flexibility index (Phi) is 6.99. The molecule has 3 nitrogen and oxygen atoms in total. The Hall–Kier alpha value is -0.590. The molecule has 1 rings (SSSR count). The van der Waals surface area contributed by atoms with E-state index in [0.29, 0.717) is 6.04 Å². The quantitative estimate of drug-likeness (QED) is 0.810. The smallest absolute Gasteiger partial charge is 0.105 e. The second-order valence-electron chi connectivity index (χ2n) is 7.00. The minimum absolute atomic E-state index is 0.391. The van der Waals surface area contributed by atoms with Crippen molar-refractivity contribution in [2.24, 2.45) is 11.8 Å². The molecule has 1 aliphatic heterocycles. The summed E-state index contributed by atoms with van der Waals surface area (Å²) in [5, 5.41) is 12.7. The van der Waals surface area contributed by atoms with E-state index >= 15 is 0 Å². The highest BCUT2D eigenvalue weighted by Gasteiger charge is 2.29. The minimum atomic E-state index is -0.391. The molecule has 1 heterocycles. The summed E-state index contributed by atoms with van der Waals surface area (Å²) in [4.78, 5) is 2.59. The Morgan fingerprint density at radius 1 is 1.30 bits per heavy atom. The first-order valence-electron chi connectivity index (χ1n) is 8.32. The molecule has 3 atom stereocenters. The van der Waals surface area contributed by atoms with Gasteiger partial charge in [-0.1, -0.05) is 20.8 Å². The lowest BCUT2D eigenvalue weighted by atomic mass is 9.89. The number of hydrogen-bond donors (Lipinski definition) is 1. The van der Waals surface area contributed by atoms with Crippen molar-refractivity contribution in [2.75, 3.05) is 19.6 Å². The SMILES string of the molecule is CCNC(C)(C#N)CC(C)N1CCCC(C(C)C)CC1. The van der Waals surface area contributed by atoms with Gasteiger partial charge in [0.05, 0.1) is 6.07 Å². The van der Waals surface area contributed by atoms with Crippen molar-refractivity contribution < 1.29 is 0 Å². The highest BCUT2D eigenvalue weighted by Crippen LogP contribution is 2.26. The summed E-state index contributed by atoms with van der Waals surface area (Å²) >= 11 is 0. The van der Waals surface area contributed by atoms with Gasteiger partial charge in [0, 0.05) is 6.04 Å². The fraction of sp³-hybridized carbons (Fsp3) is 0.941. The van der Waals surface area contributed by atoms with Crippen LogP contribution >= 0.6 is 0 Å². The van der Waals surface area contributed by atoms with E-state index in [9.17, 15) is 5.26 Å². The van der Waals surface area contributed by atoms with E-state index < -0.39 is 5.54 Å². The summed E-state index contributed by atoms with van der Waals surface area (Å²) in [5.41, 5.74) is -0.391. The maximum Gasteiger partial charge on any atom is 0.105 e. The number of rotatable bonds is 6. The van der Waals surface area contributed by atoms with E-state index in [4.69, 9.17) is 0 Å². The number of likely N-dealkylation sites (tertiary alicyclic amines) is 1. The molecule has 1 aliphatic rings. The number of nitrogens with zero attached hydrogens (tertiary/aromatic N) is 2. The molecule has 116 valence electrons. The standard InChI is InChI=1S/C17H33N3/c1-6-19-17(5,13-18)12-15(4)20-10-7-8-16(9-11-20)14(2)3/h14-16,19H,6-12H2,1-5H3. The van der Waals surface area contributed by atoms with Gasteiger partial charge in [-0.3, -0.25) is 5.32 Å². The van der Waals surface area contributed by atoms with Crippen LogP contribution in [0.2, 0.25) is 0 Å². The maximum absolute atomic E-state index is 9.40. The van der Waals surface area contributed by atoms with Gasteiger partial charge in [-0.15, -0.1) is 0 Å². The van der Waals surface area contributed by atoms with Gasteiger partial charge in [-0.2, -0.15) is 5.26 Å².